The maximum absolute atomic E-state index is 13.1. The molecule has 4 fully saturated rings. The summed E-state index contributed by atoms with van der Waals surface area (Å²) in [5.41, 5.74) is 0. The third kappa shape index (κ3) is 4.69. The lowest BCUT2D eigenvalue weighted by Crippen LogP contribution is -2.47. The molecule has 7 heteroatoms. The second-order valence-corrected chi connectivity index (χ2v) is 10.1. The molecule has 2 heterocycles. The van der Waals surface area contributed by atoms with E-state index in [9.17, 15) is 14.4 Å². The zero-order valence-electron chi connectivity index (χ0n) is 17.9. The molecule has 2 saturated heterocycles. The second kappa shape index (κ2) is 9.99. The highest BCUT2D eigenvalue weighted by Crippen LogP contribution is 2.38. The van der Waals surface area contributed by atoms with Gasteiger partial charge in [-0.2, -0.15) is 0 Å². The number of alkyl halides is 1. The summed E-state index contributed by atoms with van der Waals surface area (Å²) in [6.45, 7) is 1.82. The molecule has 3 unspecified atom stereocenters. The summed E-state index contributed by atoms with van der Waals surface area (Å²) in [5.74, 6) is 0.0453. The molecule has 3 amide bonds. The van der Waals surface area contributed by atoms with Crippen LogP contribution in [0.4, 0.5) is 0 Å². The Morgan fingerprint density at radius 2 is 1.60 bits per heavy atom. The fourth-order valence-electron chi connectivity index (χ4n) is 5.78. The van der Waals surface area contributed by atoms with Crippen LogP contribution in [0.15, 0.2) is 0 Å². The Kier molecular flexibility index (Phi) is 7.35. The molecule has 6 nitrogen and oxygen atoms in total. The van der Waals surface area contributed by atoms with Gasteiger partial charge in [0, 0.05) is 31.1 Å². The van der Waals surface area contributed by atoms with Crippen LogP contribution in [0.3, 0.4) is 0 Å². The number of likely N-dealkylation sites (tertiary alicyclic amines) is 1. The first kappa shape index (κ1) is 22.1. The van der Waals surface area contributed by atoms with E-state index in [0.29, 0.717) is 19.7 Å². The lowest BCUT2D eigenvalue weighted by Gasteiger charge is -2.37. The average Bonchev–Trinajstić information content (AvgIpc) is 3.38. The van der Waals surface area contributed by atoms with E-state index in [1.165, 1.54) is 4.90 Å². The molecule has 2 aliphatic heterocycles. The van der Waals surface area contributed by atoms with Crippen LogP contribution in [-0.2, 0) is 19.1 Å². The van der Waals surface area contributed by atoms with Gasteiger partial charge in [0.25, 0.3) is 5.91 Å². The number of ether oxygens (including phenoxy) is 1. The molecule has 168 valence electrons. The molecule has 0 aromatic carbocycles. The fourth-order valence-corrected chi connectivity index (χ4v) is 6.03. The van der Waals surface area contributed by atoms with E-state index in [-0.39, 0.29) is 47.1 Å². The number of nitrogens with zero attached hydrogens (tertiary/aromatic N) is 2. The molecular formula is C23H35ClN2O4. The molecule has 0 bridgehead atoms. The van der Waals surface area contributed by atoms with Crippen LogP contribution in [0.25, 0.3) is 0 Å². The van der Waals surface area contributed by atoms with Crippen LogP contribution < -0.4 is 0 Å². The number of halogens is 1. The molecule has 2 aliphatic carbocycles. The number of unbranched alkanes of at least 4 members (excludes halogenated alkanes) is 1. The number of carbonyl (C=O) groups excluding carboxylic acids is 3. The van der Waals surface area contributed by atoms with E-state index < -0.39 is 0 Å². The minimum atomic E-state index is -0.302. The standard InChI is InChI=1S/C23H35ClN2O4/c24-16-9-11-17(12-10-16)25(23(29)20-8-5-15-30-20)13-3-4-14-26-21(27)18-6-1-2-7-19(18)22(26)28/h16-20H,1-15H2. The highest BCUT2D eigenvalue weighted by molar-refractivity contribution is 6.20. The van der Waals surface area contributed by atoms with Gasteiger partial charge in [-0.1, -0.05) is 12.8 Å². The molecule has 0 aromatic rings. The molecular weight excluding hydrogens is 404 g/mol. The molecule has 4 rings (SSSR count). The van der Waals surface area contributed by atoms with Crippen molar-refractivity contribution >= 4 is 29.3 Å². The molecule has 4 aliphatic rings. The van der Waals surface area contributed by atoms with E-state index in [2.05, 4.69) is 0 Å². The van der Waals surface area contributed by atoms with E-state index in [1.807, 2.05) is 4.90 Å². The van der Waals surface area contributed by atoms with Gasteiger partial charge in [0.15, 0.2) is 0 Å². The van der Waals surface area contributed by atoms with Crippen molar-refractivity contribution in [3.63, 3.8) is 0 Å². The Labute approximate surface area is 184 Å². The third-order valence-corrected chi connectivity index (χ3v) is 7.95. The maximum atomic E-state index is 13.1. The molecule has 3 atom stereocenters. The quantitative estimate of drug-likeness (QED) is 0.346. The number of hydrogen-bond donors (Lipinski definition) is 0. The Hall–Kier alpha value is -1.14. The van der Waals surface area contributed by atoms with Crippen molar-refractivity contribution in [2.75, 3.05) is 19.7 Å². The molecule has 2 saturated carbocycles. The average molecular weight is 439 g/mol. The summed E-state index contributed by atoms with van der Waals surface area (Å²) in [7, 11) is 0. The summed E-state index contributed by atoms with van der Waals surface area (Å²) < 4.78 is 5.66. The van der Waals surface area contributed by atoms with Crippen molar-refractivity contribution < 1.29 is 19.1 Å². The van der Waals surface area contributed by atoms with Crippen molar-refractivity contribution in [3.8, 4) is 0 Å². The summed E-state index contributed by atoms with van der Waals surface area (Å²) >= 11 is 6.27. The number of amides is 3. The number of hydrogen-bond acceptors (Lipinski definition) is 4. The zero-order chi connectivity index (χ0) is 21.1. The topological polar surface area (TPSA) is 66.9 Å². The van der Waals surface area contributed by atoms with E-state index >= 15 is 0 Å². The normalized spacial score (nSPS) is 34.3. The van der Waals surface area contributed by atoms with Gasteiger partial charge in [0.05, 0.1) is 11.8 Å². The summed E-state index contributed by atoms with van der Waals surface area (Å²) in [4.78, 5) is 41.9. The van der Waals surface area contributed by atoms with Gasteiger partial charge in [-0.05, 0) is 64.2 Å². The predicted octanol–water partition coefficient (Wildman–Crippen LogP) is 3.50. The first-order valence-corrected chi connectivity index (χ1v) is 12.4. The van der Waals surface area contributed by atoms with E-state index in [4.69, 9.17) is 16.3 Å². The smallest absolute Gasteiger partial charge is 0.251 e. The van der Waals surface area contributed by atoms with Crippen LogP contribution in [0, 0.1) is 11.8 Å². The molecule has 0 aromatic heterocycles. The van der Waals surface area contributed by atoms with Crippen LogP contribution in [-0.4, -0.2) is 64.7 Å². The van der Waals surface area contributed by atoms with Gasteiger partial charge in [0.2, 0.25) is 11.8 Å². The lowest BCUT2D eigenvalue weighted by atomic mass is 9.81. The van der Waals surface area contributed by atoms with Crippen LogP contribution in [0.1, 0.15) is 77.0 Å². The summed E-state index contributed by atoms with van der Waals surface area (Å²) in [5, 5.41) is 0.219. The van der Waals surface area contributed by atoms with Gasteiger partial charge >= 0.3 is 0 Å². The monoisotopic (exact) mass is 438 g/mol. The zero-order valence-corrected chi connectivity index (χ0v) is 18.7. The van der Waals surface area contributed by atoms with E-state index in [0.717, 1.165) is 77.0 Å². The first-order chi connectivity index (χ1) is 14.6. The number of rotatable bonds is 7. The Morgan fingerprint density at radius 1 is 0.933 bits per heavy atom. The Morgan fingerprint density at radius 3 is 2.20 bits per heavy atom. The summed E-state index contributed by atoms with van der Waals surface area (Å²) in [6, 6.07) is 0.231. The van der Waals surface area contributed by atoms with Gasteiger partial charge in [0.1, 0.15) is 6.10 Å². The first-order valence-electron chi connectivity index (χ1n) is 12.0. The highest BCUT2D eigenvalue weighted by atomic mass is 35.5. The predicted molar refractivity (Wildman–Crippen MR) is 114 cm³/mol. The number of carbonyl (C=O) groups is 3. The van der Waals surface area contributed by atoms with Crippen LogP contribution in [0.2, 0.25) is 0 Å². The van der Waals surface area contributed by atoms with Gasteiger partial charge in [-0.15, -0.1) is 11.6 Å². The molecule has 0 N–H and O–H groups in total. The molecule has 0 radical (unpaired) electrons. The third-order valence-electron chi connectivity index (χ3n) is 7.52. The summed E-state index contributed by atoms with van der Waals surface area (Å²) in [6.07, 6.45) is 10.6. The molecule has 30 heavy (non-hydrogen) atoms. The van der Waals surface area contributed by atoms with Crippen molar-refractivity contribution in [2.24, 2.45) is 11.8 Å². The van der Waals surface area contributed by atoms with Crippen molar-refractivity contribution in [1.82, 2.24) is 9.80 Å². The van der Waals surface area contributed by atoms with Gasteiger partial charge in [-0.25, -0.2) is 0 Å². The van der Waals surface area contributed by atoms with Crippen LogP contribution >= 0.6 is 11.6 Å². The number of fused-ring (bicyclic) bond motifs is 1. The maximum Gasteiger partial charge on any atom is 0.251 e. The van der Waals surface area contributed by atoms with Crippen molar-refractivity contribution in [1.29, 1.82) is 0 Å². The SMILES string of the molecule is O=C1C2CCCCC2C(=O)N1CCCCN(C(=O)C1CCCO1)C1CCC(Cl)CC1. The highest BCUT2D eigenvalue weighted by Gasteiger charge is 2.47. The van der Waals surface area contributed by atoms with Gasteiger partial charge in [-0.3, -0.25) is 19.3 Å². The Balaban J connectivity index is 1.30. The minimum Gasteiger partial charge on any atom is -0.368 e. The van der Waals surface area contributed by atoms with Crippen molar-refractivity contribution in [3.05, 3.63) is 0 Å². The van der Waals surface area contributed by atoms with Crippen LogP contribution in [0.5, 0.6) is 0 Å². The van der Waals surface area contributed by atoms with Crippen molar-refractivity contribution in [2.45, 2.75) is 94.6 Å². The number of imide groups is 1. The minimum absolute atomic E-state index is 0.0393. The fraction of sp³-hybridized carbons (Fsp3) is 0.870. The largest absolute Gasteiger partial charge is 0.368 e. The van der Waals surface area contributed by atoms with E-state index in [1.54, 1.807) is 0 Å². The van der Waals surface area contributed by atoms with Gasteiger partial charge < -0.3 is 9.64 Å². The lowest BCUT2D eigenvalue weighted by molar-refractivity contribution is -0.144. The Bertz CT molecular complexity index is 619. The molecule has 0 spiro atoms. The second-order valence-electron chi connectivity index (χ2n) is 9.47.